The first kappa shape index (κ1) is 16.6. The van der Waals surface area contributed by atoms with Gasteiger partial charge in [-0.1, -0.05) is 17.7 Å². The highest BCUT2D eigenvalue weighted by atomic mass is 35.5. The highest BCUT2D eigenvalue weighted by Gasteiger charge is 2.28. The molecule has 0 amide bonds. The Bertz CT molecular complexity index is 673. The van der Waals surface area contributed by atoms with Gasteiger partial charge in [0.05, 0.1) is 0 Å². The second kappa shape index (κ2) is 6.54. The molecule has 22 heavy (non-hydrogen) atoms. The molecule has 7 heteroatoms. The van der Waals surface area contributed by atoms with Crippen molar-refractivity contribution < 1.29 is 22.3 Å². The van der Waals surface area contributed by atoms with Gasteiger partial charge in [-0.3, -0.25) is 0 Å². The van der Waals surface area contributed by atoms with Crippen LogP contribution >= 0.6 is 11.6 Å². The van der Waals surface area contributed by atoms with Crippen LogP contribution in [0, 0.1) is 5.82 Å². The molecule has 0 aliphatic carbocycles. The first-order valence-corrected chi connectivity index (χ1v) is 6.66. The molecule has 0 unspecified atom stereocenters. The van der Waals surface area contributed by atoms with E-state index in [0.29, 0.717) is 16.7 Å². The minimum absolute atomic E-state index is 0.00449. The van der Waals surface area contributed by atoms with E-state index < -0.39 is 18.6 Å². The maximum atomic E-state index is 13.4. The number of hydrogen-bond acceptors (Lipinski definition) is 2. The number of halogens is 5. The van der Waals surface area contributed by atoms with E-state index in [9.17, 15) is 17.6 Å². The Morgan fingerprint density at radius 1 is 1.05 bits per heavy atom. The van der Waals surface area contributed by atoms with Gasteiger partial charge in [0.2, 0.25) is 0 Å². The van der Waals surface area contributed by atoms with Crippen LogP contribution in [0.3, 0.4) is 0 Å². The number of ether oxygens (including phenoxy) is 1. The van der Waals surface area contributed by atoms with Crippen molar-refractivity contribution >= 4 is 11.6 Å². The molecular weight excluding hydrogens is 322 g/mol. The Kier molecular flexibility index (Phi) is 4.93. The topological polar surface area (TPSA) is 35.2 Å². The fraction of sp³-hybridized carbons (Fsp3) is 0.200. The van der Waals surface area contributed by atoms with Crippen molar-refractivity contribution in [2.45, 2.75) is 12.7 Å². The van der Waals surface area contributed by atoms with E-state index >= 15 is 0 Å². The fourth-order valence-electron chi connectivity index (χ4n) is 1.94. The van der Waals surface area contributed by atoms with E-state index in [1.807, 2.05) is 0 Å². The van der Waals surface area contributed by atoms with E-state index in [4.69, 9.17) is 22.1 Å². The highest BCUT2D eigenvalue weighted by molar-refractivity contribution is 6.33. The van der Waals surface area contributed by atoms with Crippen molar-refractivity contribution in [2.75, 3.05) is 6.61 Å². The smallest absolute Gasteiger partial charge is 0.422 e. The maximum absolute atomic E-state index is 13.4. The van der Waals surface area contributed by atoms with E-state index in [1.54, 1.807) is 0 Å². The van der Waals surface area contributed by atoms with Crippen LogP contribution < -0.4 is 10.5 Å². The Hall–Kier alpha value is -1.79. The summed E-state index contributed by atoms with van der Waals surface area (Å²) in [7, 11) is 0. The van der Waals surface area contributed by atoms with Crippen LogP contribution in [0.25, 0.3) is 11.1 Å². The standard InChI is InChI=1S/C15H12ClF4NO/c16-14-4-2-10(17)5-13(14)12-6-11(3-1-9(12)7-21)22-8-15(18,19)20/h1-6H,7-8,21H2. The van der Waals surface area contributed by atoms with Crippen LogP contribution in [0.5, 0.6) is 5.75 Å². The predicted molar refractivity (Wildman–Crippen MR) is 76.3 cm³/mol. The van der Waals surface area contributed by atoms with Gasteiger partial charge in [0.15, 0.2) is 6.61 Å². The molecule has 118 valence electrons. The summed E-state index contributed by atoms with van der Waals surface area (Å²) in [6, 6.07) is 8.04. The van der Waals surface area contributed by atoms with E-state index in [-0.39, 0.29) is 17.3 Å². The van der Waals surface area contributed by atoms with Crippen molar-refractivity contribution in [2.24, 2.45) is 5.73 Å². The van der Waals surface area contributed by atoms with Crippen LogP contribution in [0.1, 0.15) is 5.56 Å². The quantitative estimate of drug-likeness (QED) is 0.833. The van der Waals surface area contributed by atoms with Gasteiger partial charge < -0.3 is 10.5 Å². The molecule has 0 heterocycles. The minimum atomic E-state index is -4.44. The number of hydrogen-bond donors (Lipinski definition) is 1. The third-order valence-electron chi connectivity index (χ3n) is 2.92. The zero-order valence-corrected chi connectivity index (χ0v) is 12.0. The Morgan fingerprint density at radius 3 is 2.41 bits per heavy atom. The molecule has 0 aromatic heterocycles. The van der Waals surface area contributed by atoms with Crippen molar-refractivity contribution in [1.82, 2.24) is 0 Å². The second-order valence-electron chi connectivity index (χ2n) is 4.55. The van der Waals surface area contributed by atoms with Crippen LogP contribution in [-0.2, 0) is 6.54 Å². The monoisotopic (exact) mass is 333 g/mol. The van der Waals surface area contributed by atoms with Gasteiger partial charge in [-0.15, -0.1) is 0 Å². The molecule has 0 radical (unpaired) electrons. The molecular formula is C15H12ClF4NO. The Balaban J connectivity index is 2.42. The molecule has 0 fully saturated rings. The van der Waals surface area contributed by atoms with Crippen molar-refractivity contribution in [3.05, 3.63) is 52.8 Å². The average molecular weight is 334 g/mol. The first-order valence-electron chi connectivity index (χ1n) is 6.28. The highest BCUT2D eigenvalue weighted by Crippen LogP contribution is 2.34. The summed E-state index contributed by atoms with van der Waals surface area (Å²) in [4.78, 5) is 0. The summed E-state index contributed by atoms with van der Waals surface area (Å²) < 4.78 is 54.7. The normalized spacial score (nSPS) is 11.5. The molecule has 0 aliphatic heterocycles. The van der Waals surface area contributed by atoms with Crippen molar-refractivity contribution in [3.63, 3.8) is 0 Å². The first-order chi connectivity index (χ1) is 10.3. The summed E-state index contributed by atoms with van der Waals surface area (Å²) in [5, 5.41) is 0.268. The lowest BCUT2D eigenvalue weighted by Gasteiger charge is -2.14. The van der Waals surface area contributed by atoms with Crippen LogP contribution in [-0.4, -0.2) is 12.8 Å². The molecule has 0 saturated carbocycles. The zero-order valence-electron chi connectivity index (χ0n) is 11.3. The van der Waals surface area contributed by atoms with E-state index in [1.165, 1.54) is 36.4 Å². The number of rotatable bonds is 4. The van der Waals surface area contributed by atoms with Gasteiger partial charge in [-0.05, 0) is 41.5 Å². The Morgan fingerprint density at radius 2 is 1.77 bits per heavy atom. The van der Waals surface area contributed by atoms with Gasteiger partial charge >= 0.3 is 6.18 Å². The molecule has 0 saturated heterocycles. The minimum Gasteiger partial charge on any atom is -0.484 e. The van der Waals surface area contributed by atoms with E-state index in [0.717, 1.165) is 0 Å². The third-order valence-corrected chi connectivity index (χ3v) is 3.25. The number of benzene rings is 2. The average Bonchev–Trinajstić information content (AvgIpc) is 2.46. The van der Waals surface area contributed by atoms with Gasteiger partial charge in [-0.2, -0.15) is 13.2 Å². The van der Waals surface area contributed by atoms with Gasteiger partial charge in [-0.25, -0.2) is 4.39 Å². The molecule has 0 atom stereocenters. The third kappa shape index (κ3) is 4.11. The fourth-order valence-corrected chi connectivity index (χ4v) is 2.16. The lowest BCUT2D eigenvalue weighted by atomic mass is 9.99. The van der Waals surface area contributed by atoms with Gasteiger partial charge in [0, 0.05) is 17.1 Å². The summed E-state index contributed by atoms with van der Waals surface area (Å²) in [5.41, 5.74) is 7.01. The molecule has 2 aromatic carbocycles. The number of alkyl halides is 3. The largest absolute Gasteiger partial charge is 0.484 e. The molecule has 0 spiro atoms. The molecule has 2 aromatic rings. The molecule has 0 bridgehead atoms. The SMILES string of the molecule is NCc1ccc(OCC(F)(F)F)cc1-c1cc(F)ccc1Cl. The van der Waals surface area contributed by atoms with Crippen LogP contribution in [0.2, 0.25) is 5.02 Å². The second-order valence-corrected chi connectivity index (χ2v) is 4.96. The van der Waals surface area contributed by atoms with Crippen molar-refractivity contribution in [1.29, 1.82) is 0 Å². The lowest BCUT2D eigenvalue weighted by Crippen LogP contribution is -2.19. The maximum Gasteiger partial charge on any atom is 0.422 e. The zero-order chi connectivity index (χ0) is 16.3. The molecule has 0 aliphatic rings. The number of nitrogens with two attached hydrogens (primary N) is 1. The van der Waals surface area contributed by atoms with E-state index in [2.05, 4.69) is 0 Å². The molecule has 2 nitrogen and oxygen atoms in total. The molecule has 2 rings (SSSR count). The van der Waals surface area contributed by atoms with Gasteiger partial charge in [0.1, 0.15) is 11.6 Å². The summed E-state index contributed by atoms with van der Waals surface area (Å²) in [6.45, 7) is -1.28. The van der Waals surface area contributed by atoms with Gasteiger partial charge in [0.25, 0.3) is 0 Å². The van der Waals surface area contributed by atoms with Crippen LogP contribution in [0.15, 0.2) is 36.4 Å². The summed E-state index contributed by atoms with van der Waals surface area (Å²) in [6.07, 6.45) is -4.44. The Labute approximate surface area is 129 Å². The predicted octanol–water partition coefficient (Wildman–Crippen LogP) is 4.55. The molecule has 2 N–H and O–H groups in total. The van der Waals surface area contributed by atoms with Crippen molar-refractivity contribution in [3.8, 4) is 16.9 Å². The lowest BCUT2D eigenvalue weighted by molar-refractivity contribution is -0.153. The summed E-state index contributed by atoms with van der Waals surface area (Å²) in [5.74, 6) is -0.506. The summed E-state index contributed by atoms with van der Waals surface area (Å²) >= 11 is 6.03. The van der Waals surface area contributed by atoms with Crippen LogP contribution in [0.4, 0.5) is 17.6 Å².